The third kappa shape index (κ3) is 4.59. The number of nitrogens with zero attached hydrogens (tertiary/aromatic N) is 1. The summed E-state index contributed by atoms with van der Waals surface area (Å²) in [6.45, 7) is 4.32. The maximum atomic E-state index is 13.8. The van der Waals surface area contributed by atoms with E-state index < -0.39 is 11.7 Å². The second-order valence-electron chi connectivity index (χ2n) is 6.59. The summed E-state index contributed by atoms with van der Waals surface area (Å²) in [5.41, 5.74) is 1.79. The first-order valence-corrected chi connectivity index (χ1v) is 9.00. The van der Waals surface area contributed by atoms with Crippen molar-refractivity contribution in [3.63, 3.8) is 0 Å². The number of nitrogens with one attached hydrogen (secondary N) is 1. The average Bonchev–Trinajstić information content (AvgIpc) is 2.60. The van der Waals surface area contributed by atoms with Crippen LogP contribution >= 0.6 is 11.6 Å². The van der Waals surface area contributed by atoms with Crippen molar-refractivity contribution in [2.45, 2.75) is 38.8 Å². The number of anilines is 1. The van der Waals surface area contributed by atoms with Crippen LogP contribution in [-0.2, 0) is 6.54 Å². The van der Waals surface area contributed by atoms with Crippen LogP contribution in [0.4, 0.5) is 10.1 Å². The lowest BCUT2D eigenvalue weighted by molar-refractivity contribution is 0.102. The lowest BCUT2D eigenvalue weighted by atomic mass is 10.0. The lowest BCUT2D eigenvalue weighted by Crippen LogP contribution is -2.36. The van der Waals surface area contributed by atoms with Crippen molar-refractivity contribution in [1.82, 2.24) is 4.90 Å². The van der Waals surface area contributed by atoms with Crippen molar-refractivity contribution in [2.75, 3.05) is 11.9 Å². The minimum Gasteiger partial charge on any atom is -0.322 e. The van der Waals surface area contributed by atoms with Crippen LogP contribution in [0, 0.1) is 5.82 Å². The molecule has 1 saturated heterocycles. The molecule has 1 amide bonds. The van der Waals surface area contributed by atoms with Gasteiger partial charge in [-0.15, -0.1) is 0 Å². The monoisotopic (exact) mass is 360 g/mol. The molecular weight excluding hydrogens is 339 g/mol. The highest BCUT2D eigenvalue weighted by Gasteiger charge is 2.18. The van der Waals surface area contributed by atoms with Crippen LogP contribution in [-0.4, -0.2) is 23.4 Å². The van der Waals surface area contributed by atoms with Gasteiger partial charge in [0.1, 0.15) is 5.82 Å². The molecule has 0 saturated carbocycles. The lowest BCUT2D eigenvalue weighted by Gasteiger charge is -2.33. The van der Waals surface area contributed by atoms with Crippen molar-refractivity contribution >= 4 is 23.2 Å². The number of piperidine rings is 1. The van der Waals surface area contributed by atoms with Crippen molar-refractivity contribution in [1.29, 1.82) is 0 Å². The van der Waals surface area contributed by atoms with E-state index in [4.69, 9.17) is 11.6 Å². The molecule has 1 aliphatic heterocycles. The third-order valence-electron chi connectivity index (χ3n) is 4.71. The Morgan fingerprint density at radius 3 is 2.72 bits per heavy atom. The maximum absolute atomic E-state index is 13.8. The molecule has 0 aromatic heterocycles. The van der Waals surface area contributed by atoms with Gasteiger partial charge in [0, 0.05) is 23.3 Å². The fourth-order valence-corrected chi connectivity index (χ4v) is 3.36. The minimum absolute atomic E-state index is 0.0567. The Morgan fingerprint density at radius 1 is 1.24 bits per heavy atom. The number of benzene rings is 2. The van der Waals surface area contributed by atoms with Crippen LogP contribution in [0.2, 0.25) is 5.02 Å². The van der Waals surface area contributed by atoms with E-state index in [1.165, 1.54) is 43.0 Å². The first kappa shape index (κ1) is 17.9. The van der Waals surface area contributed by atoms with E-state index >= 15 is 0 Å². The van der Waals surface area contributed by atoms with E-state index in [0.717, 1.165) is 13.1 Å². The number of amides is 1. The van der Waals surface area contributed by atoms with Crippen molar-refractivity contribution in [3.8, 4) is 0 Å². The molecule has 5 heteroatoms. The number of likely N-dealkylation sites (tertiary alicyclic amines) is 1. The molecular formula is C20H22ClFN2O. The minimum atomic E-state index is -0.586. The Morgan fingerprint density at radius 2 is 2.00 bits per heavy atom. The zero-order valence-corrected chi connectivity index (χ0v) is 15.0. The highest BCUT2D eigenvalue weighted by molar-refractivity contribution is 6.31. The number of halogens is 2. The SMILES string of the molecule is CC1CCCCN1Cc1ccc(NC(=O)c2cc(Cl)ccc2F)cc1. The summed E-state index contributed by atoms with van der Waals surface area (Å²) < 4.78 is 13.8. The summed E-state index contributed by atoms with van der Waals surface area (Å²) >= 11 is 5.84. The Balaban J connectivity index is 1.64. The van der Waals surface area contributed by atoms with Gasteiger partial charge < -0.3 is 5.32 Å². The second kappa shape index (κ2) is 7.98. The quantitative estimate of drug-likeness (QED) is 0.822. The van der Waals surface area contributed by atoms with E-state index in [1.54, 1.807) is 0 Å². The fraction of sp³-hybridized carbons (Fsp3) is 0.350. The molecule has 3 rings (SSSR count). The fourth-order valence-electron chi connectivity index (χ4n) is 3.19. The largest absolute Gasteiger partial charge is 0.322 e. The molecule has 1 aliphatic rings. The normalized spacial score (nSPS) is 18.1. The number of hydrogen-bond acceptors (Lipinski definition) is 2. The van der Waals surface area contributed by atoms with Crippen LogP contribution in [0.5, 0.6) is 0 Å². The van der Waals surface area contributed by atoms with E-state index in [0.29, 0.717) is 16.8 Å². The Kier molecular flexibility index (Phi) is 5.71. The summed E-state index contributed by atoms with van der Waals surface area (Å²) in [7, 11) is 0. The molecule has 0 radical (unpaired) electrons. The number of carbonyl (C=O) groups is 1. The van der Waals surface area contributed by atoms with Gasteiger partial charge in [-0.3, -0.25) is 9.69 Å². The average molecular weight is 361 g/mol. The Hall–Kier alpha value is -1.91. The molecule has 1 unspecified atom stereocenters. The summed E-state index contributed by atoms with van der Waals surface area (Å²) in [5, 5.41) is 3.05. The van der Waals surface area contributed by atoms with Gasteiger partial charge in [0.2, 0.25) is 0 Å². The standard InChI is InChI=1S/C20H22ClFN2O/c1-14-4-2-3-11-24(14)13-15-5-8-17(9-6-15)23-20(25)18-12-16(21)7-10-19(18)22/h5-10,12,14H,2-4,11,13H2,1H3,(H,23,25). The predicted octanol–water partition coefficient (Wildman–Crippen LogP) is 5.11. The topological polar surface area (TPSA) is 32.3 Å². The molecule has 2 aromatic rings. The Bertz CT molecular complexity index is 748. The first-order chi connectivity index (χ1) is 12.0. The molecule has 1 fully saturated rings. The smallest absolute Gasteiger partial charge is 0.258 e. The van der Waals surface area contributed by atoms with Gasteiger partial charge in [0.05, 0.1) is 5.56 Å². The van der Waals surface area contributed by atoms with E-state index in [9.17, 15) is 9.18 Å². The molecule has 2 aromatic carbocycles. The molecule has 25 heavy (non-hydrogen) atoms. The van der Waals surface area contributed by atoms with Gasteiger partial charge in [-0.25, -0.2) is 4.39 Å². The predicted molar refractivity (Wildman–Crippen MR) is 99.5 cm³/mol. The van der Waals surface area contributed by atoms with E-state index in [1.807, 2.05) is 24.3 Å². The van der Waals surface area contributed by atoms with Crippen LogP contribution in [0.3, 0.4) is 0 Å². The molecule has 1 atom stereocenters. The molecule has 132 valence electrons. The number of rotatable bonds is 4. The molecule has 0 aliphatic carbocycles. The van der Waals surface area contributed by atoms with Gasteiger partial charge in [-0.05, 0) is 62.2 Å². The molecule has 1 N–H and O–H groups in total. The van der Waals surface area contributed by atoms with Crippen molar-refractivity contribution in [3.05, 3.63) is 64.4 Å². The zero-order chi connectivity index (χ0) is 17.8. The van der Waals surface area contributed by atoms with Crippen LogP contribution in [0.25, 0.3) is 0 Å². The Labute approximate surface area is 152 Å². The maximum Gasteiger partial charge on any atom is 0.258 e. The summed E-state index contributed by atoms with van der Waals surface area (Å²) in [6, 6.07) is 12.3. The highest BCUT2D eigenvalue weighted by atomic mass is 35.5. The number of hydrogen-bond donors (Lipinski definition) is 1. The highest BCUT2D eigenvalue weighted by Crippen LogP contribution is 2.21. The van der Waals surface area contributed by atoms with Gasteiger partial charge in [0.15, 0.2) is 0 Å². The van der Waals surface area contributed by atoms with E-state index in [2.05, 4.69) is 17.1 Å². The van der Waals surface area contributed by atoms with Gasteiger partial charge >= 0.3 is 0 Å². The third-order valence-corrected chi connectivity index (χ3v) is 4.95. The molecule has 1 heterocycles. The van der Waals surface area contributed by atoms with Crippen LogP contribution in [0.15, 0.2) is 42.5 Å². The van der Waals surface area contributed by atoms with Gasteiger partial charge in [0.25, 0.3) is 5.91 Å². The van der Waals surface area contributed by atoms with Gasteiger partial charge in [-0.2, -0.15) is 0 Å². The molecule has 0 bridgehead atoms. The first-order valence-electron chi connectivity index (χ1n) is 8.62. The summed E-state index contributed by atoms with van der Waals surface area (Å²) in [6.07, 6.45) is 3.81. The van der Waals surface area contributed by atoms with Crippen LogP contribution < -0.4 is 5.32 Å². The molecule has 0 spiro atoms. The summed E-state index contributed by atoms with van der Waals surface area (Å²) in [5.74, 6) is -1.09. The van der Waals surface area contributed by atoms with E-state index in [-0.39, 0.29) is 5.56 Å². The summed E-state index contributed by atoms with van der Waals surface area (Å²) in [4.78, 5) is 14.7. The number of carbonyl (C=O) groups excluding carboxylic acids is 1. The van der Waals surface area contributed by atoms with Crippen LogP contribution in [0.1, 0.15) is 42.1 Å². The van der Waals surface area contributed by atoms with Gasteiger partial charge in [-0.1, -0.05) is 30.2 Å². The van der Waals surface area contributed by atoms with Crippen molar-refractivity contribution < 1.29 is 9.18 Å². The molecule has 3 nitrogen and oxygen atoms in total. The zero-order valence-electron chi connectivity index (χ0n) is 14.3. The second-order valence-corrected chi connectivity index (χ2v) is 7.03. The van der Waals surface area contributed by atoms with Crippen molar-refractivity contribution in [2.24, 2.45) is 0 Å².